The molecular weight excluding hydrogens is 204 g/mol. The summed E-state index contributed by atoms with van der Waals surface area (Å²) in [5, 5.41) is 0. The van der Waals surface area contributed by atoms with Crippen molar-refractivity contribution in [2.45, 2.75) is 32.2 Å². The van der Waals surface area contributed by atoms with Crippen molar-refractivity contribution < 1.29 is 9.47 Å². The van der Waals surface area contributed by atoms with Gasteiger partial charge in [0, 0.05) is 19.3 Å². The van der Waals surface area contributed by atoms with Crippen LogP contribution in [-0.2, 0) is 28.9 Å². The molecule has 0 N–H and O–H groups in total. The van der Waals surface area contributed by atoms with Gasteiger partial charge in [-0.1, -0.05) is 0 Å². The van der Waals surface area contributed by atoms with Gasteiger partial charge < -0.3 is 14.0 Å². The summed E-state index contributed by atoms with van der Waals surface area (Å²) in [4.78, 5) is 4.45. The largest absolute Gasteiger partial charge is 0.382 e. The van der Waals surface area contributed by atoms with Gasteiger partial charge in [0.25, 0.3) is 0 Å². The molecule has 0 fully saturated rings. The standard InChI is InChI=1S/C12H20N2O2/c1-15-8-9-16-7-6-14-10-13-11-4-2-3-5-12(11)14/h10H,2-9H2,1H3. The zero-order chi connectivity index (χ0) is 11.2. The SMILES string of the molecule is COCCOCCn1cnc2c1CCCC2. The van der Waals surface area contributed by atoms with E-state index in [4.69, 9.17) is 9.47 Å². The summed E-state index contributed by atoms with van der Waals surface area (Å²) in [5.41, 5.74) is 2.71. The first kappa shape index (κ1) is 11.6. The molecule has 4 nitrogen and oxygen atoms in total. The van der Waals surface area contributed by atoms with E-state index in [0.29, 0.717) is 13.2 Å². The van der Waals surface area contributed by atoms with Crippen LogP contribution in [0.2, 0.25) is 0 Å². The molecule has 0 bridgehead atoms. The molecule has 2 rings (SSSR count). The topological polar surface area (TPSA) is 36.3 Å². The maximum absolute atomic E-state index is 5.46. The van der Waals surface area contributed by atoms with Gasteiger partial charge in [-0.15, -0.1) is 0 Å². The highest BCUT2D eigenvalue weighted by Gasteiger charge is 2.14. The van der Waals surface area contributed by atoms with Crippen molar-refractivity contribution in [3.63, 3.8) is 0 Å². The van der Waals surface area contributed by atoms with E-state index in [1.165, 1.54) is 30.7 Å². The van der Waals surface area contributed by atoms with Crippen LogP contribution in [0.25, 0.3) is 0 Å². The summed E-state index contributed by atoms with van der Waals surface area (Å²) in [6.45, 7) is 2.99. The van der Waals surface area contributed by atoms with E-state index >= 15 is 0 Å². The molecule has 0 amide bonds. The predicted molar refractivity (Wildman–Crippen MR) is 61.6 cm³/mol. The van der Waals surface area contributed by atoms with Gasteiger partial charge in [0.05, 0.1) is 31.8 Å². The Hall–Kier alpha value is -0.870. The minimum Gasteiger partial charge on any atom is -0.382 e. The highest BCUT2D eigenvalue weighted by molar-refractivity contribution is 5.16. The van der Waals surface area contributed by atoms with Gasteiger partial charge in [-0.25, -0.2) is 4.98 Å². The van der Waals surface area contributed by atoms with E-state index in [1.807, 2.05) is 6.33 Å². The van der Waals surface area contributed by atoms with Gasteiger partial charge in [-0.2, -0.15) is 0 Å². The molecule has 0 saturated carbocycles. The van der Waals surface area contributed by atoms with Crippen LogP contribution in [0.3, 0.4) is 0 Å². The molecule has 1 aromatic heterocycles. The van der Waals surface area contributed by atoms with E-state index in [9.17, 15) is 0 Å². The van der Waals surface area contributed by atoms with E-state index < -0.39 is 0 Å². The number of rotatable bonds is 6. The van der Waals surface area contributed by atoms with Crippen molar-refractivity contribution in [3.8, 4) is 0 Å². The Labute approximate surface area is 96.6 Å². The number of ether oxygens (including phenoxy) is 2. The lowest BCUT2D eigenvalue weighted by molar-refractivity contribution is 0.0663. The number of hydrogen-bond donors (Lipinski definition) is 0. The third-order valence-electron chi connectivity index (χ3n) is 3.02. The molecule has 0 unspecified atom stereocenters. The van der Waals surface area contributed by atoms with Crippen LogP contribution in [0.1, 0.15) is 24.2 Å². The van der Waals surface area contributed by atoms with Crippen LogP contribution in [0.15, 0.2) is 6.33 Å². The summed E-state index contributed by atoms with van der Waals surface area (Å²) >= 11 is 0. The molecular formula is C12H20N2O2. The molecule has 0 radical (unpaired) electrons. The van der Waals surface area contributed by atoms with Gasteiger partial charge in [0.15, 0.2) is 0 Å². The fraction of sp³-hybridized carbons (Fsp3) is 0.750. The minimum atomic E-state index is 0.669. The first-order valence-corrected chi connectivity index (χ1v) is 6.01. The Bertz CT molecular complexity index is 323. The van der Waals surface area contributed by atoms with Crippen molar-refractivity contribution in [3.05, 3.63) is 17.7 Å². The van der Waals surface area contributed by atoms with E-state index in [2.05, 4.69) is 9.55 Å². The number of hydrogen-bond acceptors (Lipinski definition) is 3. The van der Waals surface area contributed by atoms with Crippen molar-refractivity contribution in [1.82, 2.24) is 9.55 Å². The molecule has 0 aromatic carbocycles. The molecule has 1 heterocycles. The summed E-state index contributed by atoms with van der Waals surface area (Å²) in [7, 11) is 1.69. The van der Waals surface area contributed by atoms with Gasteiger partial charge in [-0.05, 0) is 25.7 Å². The van der Waals surface area contributed by atoms with Crippen molar-refractivity contribution >= 4 is 0 Å². The number of nitrogens with zero attached hydrogens (tertiary/aromatic N) is 2. The lowest BCUT2D eigenvalue weighted by Crippen LogP contribution is -2.13. The Kier molecular flexibility index (Phi) is 4.36. The van der Waals surface area contributed by atoms with Gasteiger partial charge in [0.2, 0.25) is 0 Å². The van der Waals surface area contributed by atoms with Crippen molar-refractivity contribution in [2.75, 3.05) is 26.9 Å². The average molecular weight is 224 g/mol. The first-order valence-electron chi connectivity index (χ1n) is 6.01. The van der Waals surface area contributed by atoms with Crippen LogP contribution < -0.4 is 0 Å². The number of imidazole rings is 1. The van der Waals surface area contributed by atoms with Crippen molar-refractivity contribution in [2.24, 2.45) is 0 Å². The quantitative estimate of drug-likeness (QED) is 0.686. The Morgan fingerprint density at radius 1 is 1.25 bits per heavy atom. The molecule has 0 atom stereocenters. The van der Waals surface area contributed by atoms with E-state index in [1.54, 1.807) is 7.11 Å². The van der Waals surface area contributed by atoms with Gasteiger partial charge in [0.1, 0.15) is 0 Å². The second-order valence-electron chi connectivity index (χ2n) is 4.14. The smallest absolute Gasteiger partial charge is 0.0952 e. The average Bonchev–Trinajstić information content (AvgIpc) is 2.73. The molecule has 16 heavy (non-hydrogen) atoms. The number of aryl methyl sites for hydroxylation is 1. The predicted octanol–water partition coefficient (Wildman–Crippen LogP) is 1.42. The highest BCUT2D eigenvalue weighted by Crippen LogP contribution is 2.19. The summed E-state index contributed by atoms with van der Waals surface area (Å²) in [6, 6.07) is 0. The first-order chi connectivity index (χ1) is 7.92. The summed E-state index contributed by atoms with van der Waals surface area (Å²) in [5.74, 6) is 0. The van der Waals surface area contributed by atoms with Crippen molar-refractivity contribution in [1.29, 1.82) is 0 Å². The van der Waals surface area contributed by atoms with Crippen LogP contribution in [-0.4, -0.2) is 36.5 Å². The Balaban J connectivity index is 1.78. The summed E-state index contributed by atoms with van der Waals surface area (Å²) in [6.07, 6.45) is 6.85. The third-order valence-corrected chi connectivity index (χ3v) is 3.02. The molecule has 0 spiro atoms. The zero-order valence-corrected chi connectivity index (χ0v) is 9.95. The lowest BCUT2D eigenvalue weighted by Gasteiger charge is -2.13. The molecule has 4 heteroatoms. The molecule has 1 aromatic rings. The monoisotopic (exact) mass is 224 g/mol. The summed E-state index contributed by atoms with van der Waals surface area (Å²) < 4.78 is 12.6. The molecule has 0 aliphatic heterocycles. The van der Waals surface area contributed by atoms with Crippen LogP contribution >= 0.6 is 0 Å². The van der Waals surface area contributed by atoms with Crippen LogP contribution in [0.4, 0.5) is 0 Å². The third kappa shape index (κ3) is 2.83. The second kappa shape index (κ2) is 6.01. The van der Waals surface area contributed by atoms with Gasteiger partial charge >= 0.3 is 0 Å². The molecule has 1 aliphatic rings. The highest BCUT2D eigenvalue weighted by atomic mass is 16.5. The number of aromatic nitrogens is 2. The minimum absolute atomic E-state index is 0.669. The zero-order valence-electron chi connectivity index (χ0n) is 9.95. The lowest BCUT2D eigenvalue weighted by atomic mass is 10.0. The number of methoxy groups -OCH3 is 1. The normalized spacial score (nSPS) is 15.1. The number of fused-ring (bicyclic) bond motifs is 1. The van der Waals surface area contributed by atoms with E-state index in [0.717, 1.165) is 19.6 Å². The molecule has 0 saturated heterocycles. The fourth-order valence-electron chi connectivity index (χ4n) is 2.13. The second-order valence-corrected chi connectivity index (χ2v) is 4.14. The Morgan fingerprint density at radius 2 is 2.12 bits per heavy atom. The molecule has 1 aliphatic carbocycles. The fourth-order valence-corrected chi connectivity index (χ4v) is 2.13. The Morgan fingerprint density at radius 3 is 3.00 bits per heavy atom. The van der Waals surface area contributed by atoms with E-state index in [-0.39, 0.29) is 0 Å². The maximum atomic E-state index is 5.46. The van der Waals surface area contributed by atoms with Crippen LogP contribution in [0, 0.1) is 0 Å². The molecule has 90 valence electrons. The van der Waals surface area contributed by atoms with Crippen LogP contribution in [0.5, 0.6) is 0 Å². The maximum Gasteiger partial charge on any atom is 0.0952 e. The van der Waals surface area contributed by atoms with Gasteiger partial charge in [-0.3, -0.25) is 0 Å².